The molecule has 1 heterocycles. The number of piperidine rings is 1. The van der Waals surface area contributed by atoms with Crippen molar-refractivity contribution >= 4 is 5.91 Å². The Morgan fingerprint density at radius 1 is 1.64 bits per heavy atom. The van der Waals surface area contributed by atoms with E-state index in [1.807, 2.05) is 4.90 Å². The fraction of sp³-hybridized carbons (Fsp3) is 0.875. The third kappa shape index (κ3) is 1.93. The lowest BCUT2D eigenvalue weighted by Gasteiger charge is -2.33. The van der Waals surface area contributed by atoms with Crippen LogP contribution in [0.1, 0.15) is 26.2 Å². The van der Waals surface area contributed by atoms with Crippen LogP contribution in [0, 0.1) is 0 Å². The summed E-state index contributed by atoms with van der Waals surface area (Å²) in [4.78, 5) is 13.1. The van der Waals surface area contributed by atoms with Crippen molar-refractivity contribution in [3.63, 3.8) is 0 Å². The van der Waals surface area contributed by atoms with E-state index < -0.39 is 0 Å². The fourth-order valence-corrected chi connectivity index (χ4v) is 1.59. The number of nitrogens with zero attached hydrogens (tertiary/aromatic N) is 1. The van der Waals surface area contributed by atoms with E-state index >= 15 is 0 Å². The molecule has 0 aromatic carbocycles. The van der Waals surface area contributed by atoms with Crippen LogP contribution in [0.4, 0.5) is 0 Å². The summed E-state index contributed by atoms with van der Waals surface area (Å²) in [6, 6.07) is 0.403. The summed E-state index contributed by atoms with van der Waals surface area (Å²) in [5, 5.41) is 0. The Bertz CT molecular complexity index is 147. The first kappa shape index (κ1) is 8.53. The van der Waals surface area contributed by atoms with Crippen LogP contribution in [0.5, 0.6) is 0 Å². The van der Waals surface area contributed by atoms with Gasteiger partial charge in [-0.2, -0.15) is 0 Å². The topological polar surface area (TPSA) is 46.3 Å². The Labute approximate surface area is 67.5 Å². The molecule has 2 N–H and O–H groups in total. The van der Waals surface area contributed by atoms with Crippen molar-refractivity contribution in [3.05, 3.63) is 0 Å². The highest BCUT2D eigenvalue weighted by atomic mass is 16.2. The predicted octanol–water partition coefficient (Wildman–Crippen LogP) is 0.346. The van der Waals surface area contributed by atoms with E-state index in [1.165, 1.54) is 6.42 Å². The van der Waals surface area contributed by atoms with E-state index in [9.17, 15) is 4.79 Å². The molecule has 1 amide bonds. The molecule has 0 spiro atoms. The molecule has 0 aliphatic carbocycles. The van der Waals surface area contributed by atoms with Crippen molar-refractivity contribution in [3.8, 4) is 0 Å². The number of hydrogen-bond donors (Lipinski definition) is 1. The molecule has 3 heteroatoms. The molecule has 1 saturated heterocycles. The van der Waals surface area contributed by atoms with Crippen molar-refractivity contribution in [2.75, 3.05) is 13.1 Å². The van der Waals surface area contributed by atoms with Crippen LogP contribution in [-0.2, 0) is 4.79 Å². The smallest absolute Gasteiger partial charge is 0.236 e. The Morgan fingerprint density at radius 2 is 2.36 bits per heavy atom. The minimum absolute atomic E-state index is 0.0946. The molecule has 0 saturated carbocycles. The van der Waals surface area contributed by atoms with Gasteiger partial charge in [0, 0.05) is 12.6 Å². The number of likely N-dealkylation sites (tertiary alicyclic amines) is 1. The zero-order valence-corrected chi connectivity index (χ0v) is 7.05. The zero-order chi connectivity index (χ0) is 8.27. The van der Waals surface area contributed by atoms with Crippen molar-refractivity contribution in [2.45, 2.75) is 32.2 Å². The first-order chi connectivity index (χ1) is 5.25. The summed E-state index contributed by atoms with van der Waals surface area (Å²) in [5.74, 6) is 0.0946. The minimum Gasteiger partial charge on any atom is -0.339 e. The summed E-state index contributed by atoms with van der Waals surface area (Å²) in [6.45, 7) is 3.15. The maximum atomic E-state index is 11.2. The van der Waals surface area contributed by atoms with Gasteiger partial charge in [0.15, 0.2) is 0 Å². The van der Waals surface area contributed by atoms with E-state index in [2.05, 4.69) is 6.92 Å². The number of hydrogen-bond acceptors (Lipinski definition) is 2. The average molecular weight is 156 g/mol. The molecule has 3 nitrogen and oxygen atoms in total. The third-order valence-electron chi connectivity index (χ3n) is 2.30. The molecule has 0 aromatic heterocycles. The van der Waals surface area contributed by atoms with Gasteiger partial charge in [-0.05, 0) is 26.2 Å². The van der Waals surface area contributed by atoms with Gasteiger partial charge in [-0.3, -0.25) is 4.79 Å². The Balaban J connectivity index is 2.47. The van der Waals surface area contributed by atoms with E-state index in [0.29, 0.717) is 6.04 Å². The standard InChI is InChI=1S/C8H16N2O/c1-7-4-2-3-5-10(7)8(11)6-9/h7H,2-6,9H2,1H3/t7-/m1/s1. The molecule has 1 rings (SSSR count). The van der Waals surface area contributed by atoms with Crippen LogP contribution in [0.15, 0.2) is 0 Å². The second-order valence-electron chi connectivity index (χ2n) is 3.14. The van der Waals surface area contributed by atoms with E-state index in [1.54, 1.807) is 0 Å². The highest BCUT2D eigenvalue weighted by Gasteiger charge is 2.21. The van der Waals surface area contributed by atoms with Crippen LogP contribution < -0.4 is 5.73 Å². The molecule has 1 fully saturated rings. The molecular weight excluding hydrogens is 140 g/mol. The summed E-state index contributed by atoms with van der Waals surface area (Å²) in [5.41, 5.74) is 5.27. The predicted molar refractivity (Wildman–Crippen MR) is 44.1 cm³/mol. The number of carbonyl (C=O) groups is 1. The largest absolute Gasteiger partial charge is 0.339 e. The van der Waals surface area contributed by atoms with E-state index in [-0.39, 0.29) is 12.5 Å². The van der Waals surface area contributed by atoms with Crippen molar-refractivity contribution in [1.82, 2.24) is 4.90 Å². The lowest BCUT2D eigenvalue weighted by molar-refractivity contribution is -0.132. The van der Waals surface area contributed by atoms with Gasteiger partial charge in [-0.15, -0.1) is 0 Å². The van der Waals surface area contributed by atoms with Gasteiger partial charge in [-0.25, -0.2) is 0 Å². The first-order valence-corrected chi connectivity index (χ1v) is 4.25. The van der Waals surface area contributed by atoms with Crippen molar-refractivity contribution in [2.24, 2.45) is 5.73 Å². The quantitative estimate of drug-likeness (QED) is 0.595. The fourth-order valence-electron chi connectivity index (χ4n) is 1.59. The summed E-state index contributed by atoms with van der Waals surface area (Å²) in [7, 11) is 0. The Hall–Kier alpha value is -0.570. The molecule has 1 aliphatic heterocycles. The second-order valence-corrected chi connectivity index (χ2v) is 3.14. The SMILES string of the molecule is C[C@@H]1CCCCN1C(=O)CN. The Morgan fingerprint density at radius 3 is 2.91 bits per heavy atom. The average Bonchev–Trinajstić information content (AvgIpc) is 2.04. The van der Waals surface area contributed by atoms with Crippen LogP contribution in [0.2, 0.25) is 0 Å². The first-order valence-electron chi connectivity index (χ1n) is 4.25. The van der Waals surface area contributed by atoms with Gasteiger partial charge in [0.1, 0.15) is 0 Å². The van der Waals surface area contributed by atoms with Gasteiger partial charge in [0.25, 0.3) is 0 Å². The Kier molecular flexibility index (Phi) is 2.88. The second kappa shape index (κ2) is 3.72. The van der Waals surface area contributed by atoms with Gasteiger partial charge < -0.3 is 10.6 Å². The maximum absolute atomic E-state index is 11.2. The van der Waals surface area contributed by atoms with Crippen molar-refractivity contribution < 1.29 is 4.79 Å². The summed E-state index contributed by atoms with van der Waals surface area (Å²) >= 11 is 0. The van der Waals surface area contributed by atoms with Gasteiger partial charge in [0.2, 0.25) is 5.91 Å². The normalized spacial score (nSPS) is 25.3. The van der Waals surface area contributed by atoms with Crippen LogP contribution in [0.3, 0.4) is 0 Å². The lowest BCUT2D eigenvalue weighted by Crippen LogP contribution is -2.44. The van der Waals surface area contributed by atoms with E-state index in [0.717, 1.165) is 19.4 Å². The molecule has 0 unspecified atom stereocenters. The molecule has 1 atom stereocenters. The molecule has 11 heavy (non-hydrogen) atoms. The number of amides is 1. The molecule has 64 valence electrons. The molecular formula is C8H16N2O. The molecule has 1 aliphatic rings. The zero-order valence-electron chi connectivity index (χ0n) is 7.05. The molecule has 0 radical (unpaired) electrons. The van der Waals surface area contributed by atoms with E-state index in [4.69, 9.17) is 5.73 Å². The maximum Gasteiger partial charge on any atom is 0.236 e. The minimum atomic E-state index is 0.0946. The van der Waals surface area contributed by atoms with Gasteiger partial charge in [-0.1, -0.05) is 0 Å². The number of nitrogens with two attached hydrogens (primary N) is 1. The third-order valence-corrected chi connectivity index (χ3v) is 2.30. The monoisotopic (exact) mass is 156 g/mol. The van der Waals surface area contributed by atoms with Crippen LogP contribution >= 0.6 is 0 Å². The molecule has 0 aromatic rings. The summed E-state index contributed by atoms with van der Waals surface area (Å²) < 4.78 is 0. The highest BCUT2D eigenvalue weighted by molar-refractivity contribution is 5.78. The summed E-state index contributed by atoms with van der Waals surface area (Å²) in [6.07, 6.45) is 3.51. The highest BCUT2D eigenvalue weighted by Crippen LogP contribution is 2.15. The number of carbonyl (C=O) groups excluding carboxylic acids is 1. The lowest BCUT2D eigenvalue weighted by atomic mass is 10.0. The van der Waals surface area contributed by atoms with Gasteiger partial charge >= 0.3 is 0 Å². The molecule has 0 bridgehead atoms. The van der Waals surface area contributed by atoms with Crippen LogP contribution in [0.25, 0.3) is 0 Å². The van der Waals surface area contributed by atoms with Crippen molar-refractivity contribution in [1.29, 1.82) is 0 Å². The number of rotatable bonds is 1. The van der Waals surface area contributed by atoms with Gasteiger partial charge in [0.05, 0.1) is 6.54 Å². The van der Waals surface area contributed by atoms with Crippen LogP contribution in [-0.4, -0.2) is 29.9 Å².